The third-order valence-electron chi connectivity index (χ3n) is 4.60. The van der Waals surface area contributed by atoms with Gasteiger partial charge in [0.1, 0.15) is 0 Å². The number of halogens is 1. The minimum atomic E-state index is -0.443. The van der Waals surface area contributed by atoms with E-state index in [0.717, 1.165) is 16.3 Å². The summed E-state index contributed by atoms with van der Waals surface area (Å²) in [7, 11) is 0. The van der Waals surface area contributed by atoms with E-state index < -0.39 is 5.97 Å². The summed E-state index contributed by atoms with van der Waals surface area (Å²) in [6, 6.07) is 13.8. The van der Waals surface area contributed by atoms with Crippen LogP contribution in [0.1, 0.15) is 5.56 Å². The van der Waals surface area contributed by atoms with Gasteiger partial charge >= 0.3 is 5.97 Å². The van der Waals surface area contributed by atoms with E-state index in [2.05, 4.69) is 4.99 Å². The Labute approximate surface area is 163 Å². The number of aliphatic imine (C=N–C) groups is 1. The standard InChI is InChI=1S/C19H19N5O2.ClH/c20-19(21)24-10-8-23(9-11-24)12-16-18(25)26-17(22-16)15-7-3-5-13-4-1-2-6-14(13)15;/h1-7,12H,8-11H2,(H3,20,21);1H. The number of nitrogens with one attached hydrogen (secondary N) is 1. The first kappa shape index (κ1) is 18.7. The molecule has 140 valence electrons. The van der Waals surface area contributed by atoms with Crippen LogP contribution in [0.4, 0.5) is 0 Å². The van der Waals surface area contributed by atoms with Crippen molar-refractivity contribution in [2.75, 3.05) is 26.2 Å². The lowest BCUT2D eigenvalue weighted by Crippen LogP contribution is -2.49. The third kappa shape index (κ3) is 3.73. The van der Waals surface area contributed by atoms with Crippen LogP contribution in [0, 0.1) is 5.41 Å². The molecule has 3 N–H and O–H groups in total. The molecule has 2 aliphatic heterocycles. The van der Waals surface area contributed by atoms with E-state index in [0.29, 0.717) is 37.8 Å². The Morgan fingerprint density at radius 3 is 2.56 bits per heavy atom. The van der Waals surface area contributed by atoms with Crippen molar-refractivity contribution in [3.05, 3.63) is 59.9 Å². The van der Waals surface area contributed by atoms with Crippen molar-refractivity contribution in [3.8, 4) is 0 Å². The molecule has 0 unspecified atom stereocenters. The minimum Gasteiger partial charge on any atom is -0.402 e. The molecule has 2 heterocycles. The molecule has 2 aromatic rings. The third-order valence-corrected chi connectivity index (χ3v) is 4.60. The maximum atomic E-state index is 12.2. The van der Waals surface area contributed by atoms with Crippen molar-refractivity contribution in [2.45, 2.75) is 0 Å². The highest BCUT2D eigenvalue weighted by molar-refractivity contribution is 6.16. The number of fused-ring (bicyclic) bond motifs is 1. The first-order valence-electron chi connectivity index (χ1n) is 8.46. The van der Waals surface area contributed by atoms with Crippen LogP contribution in [0.2, 0.25) is 0 Å². The summed E-state index contributed by atoms with van der Waals surface area (Å²) >= 11 is 0. The van der Waals surface area contributed by atoms with E-state index in [1.165, 1.54) is 0 Å². The summed E-state index contributed by atoms with van der Waals surface area (Å²) < 4.78 is 5.42. The number of hydrogen-bond donors (Lipinski definition) is 2. The Hall–Kier alpha value is -3.06. The van der Waals surface area contributed by atoms with Crippen molar-refractivity contribution in [1.82, 2.24) is 9.80 Å². The summed E-state index contributed by atoms with van der Waals surface area (Å²) in [5.74, 6) is -0.0313. The van der Waals surface area contributed by atoms with Crippen molar-refractivity contribution < 1.29 is 9.53 Å². The van der Waals surface area contributed by atoms with E-state index in [-0.39, 0.29) is 18.4 Å². The Morgan fingerprint density at radius 2 is 1.81 bits per heavy atom. The maximum absolute atomic E-state index is 12.2. The van der Waals surface area contributed by atoms with E-state index in [9.17, 15) is 4.79 Å². The van der Waals surface area contributed by atoms with Crippen LogP contribution in [0.3, 0.4) is 0 Å². The zero-order valence-electron chi connectivity index (χ0n) is 14.6. The number of benzene rings is 2. The fraction of sp³-hybridized carbons (Fsp3) is 0.211. The molecule has 7 nitrogen and oxygen atoms in total. The number of ether oxygens (including phenoxy) is 1. The predicted molar refractivity (Wildman–Crippen MR) is 107 cm³/mol. The molecule has 0 spiro atoms. The molecule has 27 heavy (non-hydrogen) atoms. The van der Waals surface area contributed by atoms with Gasteiger partial charge in [0.05, 0.1) is 0 Å². The van der Waals surface area contributed by atoms with Crippen molar-refractivity contribution in [1.29, 1.82) is 5.41 Å². The van der Waals surface area contributed by atoms with Crippen LogP contribution >= 0.6 is 12.4 Å². The van der Waals surface area contributed by atoms with Crippen LogP contribution in [-0.4, -0.2) is 53.8 Å². The topological polar surface area (TPSA) is 95.0 Å². The van der Waals surface area contributed by atoms with Crippen LogP contribution < -0.4 is 5.73 Å². The summed E-state index contributed by atoms with van der Waals surface area (Å²) in [4.78, 5) is 20.5. The summed E-state index contributed by atoms with van der Waals surface area (Å²) in [6.07, 6.45) is 1.73. The molecule has 0 aromatic heterocycles. The van der Waals surface area contributed by atoms with Gasteiger partial charge in [-0.1, -0.05) is 36.4 Å². The molecule has 0 bridgehead atoms. The normalized spacial score (nSPS) is 18.3. The van der Waals surface area contributed by atoms with Gasteiger partial charge in [0, 0.05) is 37.9 Å². The molecule has 0 amide bonds. The smallest absolute Gasteiger partial charge is 0.365 e. The van der Waals surface area contributed by atoms with Crippen LogP contribution in [0.15, 0.2) is 59.4 Å². The van der Waals surface area contributed by atoms with E-state index in [4.69, 9.17) is 15.9 Å². The van der Waals surface area contributed by atoms with Crippen LogP contribution in [0.25, 0.3) is 10.8 Å². The van der Waals surface area contributed by atoms with Gasteiger partial charge in [-0.2, -0.15) is 0 Å². The van der Waals surface area contributed by atoms with E-state index in [1.807, 2.05) is 47.4 Å². The monoisotopic (exact) mass is 385 g/mol. The molecule has 1 fully saturated rings. The van der Waals surface area contributed by atoms with Gasteiger partial charge in [-0.25, -0.2) is 9.79 Å². The zero-order valence-corrected chi connectivity index (χ0v) is 15.4. The molecule has 0 saturated carbocycles. The number of cyclic esters (lactones) is 1. The highest BCUT2D eigenvalue weighted by Gasteiger charge is 2.26. The molecule has 8 heteroatoms. The first-order valence-corrected chi connectivity index (χ1v) is 8.46. The van der Waals surface area contributed by atoms with Crippen LogP contribution in [0.5, 0.6) is 0 Å². The number of guanidine groups is 1. The Kier molecular flexibility index (Phi) is 5.32. The van der Waals surface area contributed by atoms with Crippen LogP contribution in [-0.2, 0) is 9.53 Å². The lowest BCUT2D eigenvalue weighted by Gasteiger charge is -2.34. The quantitative estimate of drug-likeness (QED) is 0.356. The Balaban J connectivity index is 0.00000210. The minimum absolute atomic E-state index is 0. The second kappa shape index (κ2) is 7.67. The van der Waals surface area contributed by atoms with Crippen molar-refractivity contribution in [3.63, 3.8) is 0 Å². The number of piperazine rings is 1. The predicted octanol–water partition coefficient (Wildman–Crippen LogP) is 1.92. The van der Waals surface area contributed by atoms with E-state index in [1.54, 1.807) is 11.1 Å². The van der Waals surface area contributed by atoms with Crippen molar-refractivity contribution in [2.24, 2.45) is 10.7 Å². The SMILES string of the molecule is Cl.N=C(N)N1CCN(C=C2N=C(c3cccc4ccccc34)OC2=O)CC1. The Bertz CT molecular complexity index is 943. The number of carbonyl (C=O) groups excluding carboxylic acids is 1. The number of nitrogens with two attached hydrogens (primary N) is 1. The Morgan fingerprint density at radius 1 is 1.11 bits per heavy atom. The van der Waals surface area contributed by atoms with Gasteiger partial charge in [0.15, 0.2) is 11.7 Å². The van der Waals surface area contributed by atoms with Gasteiger partial charge in [-0.05, 0) is 16.8 Å². The summed E-state index contributed by atoms with van der Waals surface area (Å²) in [5, 5.41) is 9.54. The van der Waals surface area contributed by atoms with Gasteiger partial charge in [0.2, 0.25) is 5.90 Å². The number of esters is 1. The molecule has 0 aliphatic carbocycles. The molecule has 0 atom stereocenters. The van der Waals surface area contributed by atoms with E-state index >= 15 is 0 Å². The number of rotatable bonds is 2. The maximum Gasteiger partial charge on any atom is 0.365 e. The molecule has 0 radical (unpaired) electrons. The zero-order chi connectivity index (χ0) is 18.1. The number of nitrogens with zero attached hydrogens (tertiary/aromatic N) is 3. The molecular formula is C19H20ClN5O2. The number of carbonyl (C=O) groups is 1. The fourth-order valence-electron chi connectivity index (χ4n) is 3.19. The molecule has 2 aromatic carbocycles. The fourth-order valence-corrected chi connectivity index (χ4v) is 3.19. The summed E-state index contributed by atoms with van der Waals surface area (Å²) in [5.41, 5.74) is 6.61. The average molecular weight is 386 g/mol. The largest absolute Gasteiger partial charge is 0.402 e. The van der Waals surface area contributed by atoms with Gasteiger partial charge < -0.3 is 20.3 Å². The van der Waals surface area contributed by atoms with Gasteiger partial charge in [-0.15, -0.1) is 12.4 Å². The highest BCUT2D eigenvalue weighted by atomic mass is 35.5. The molecule has 2 aliphatic rings. The second-order valence-electron chi connectivity index (χ2n) is 6.26. The van der Waals surface area contributed by atoms with Crippen molar-refractivity contribution >= 4 is 41.0 Å². The first-order chi connectivity index (χ1) is 12.6. The number of hydrogen-bond acceptors (Lipinski definition) is 5. The van der Waals surface area contributed by atoms with Gasteiger partial charge in [-0.3, -0.25) is 5.41 Å². The summed E-state index contributed by atoms with van der Waals surface area (Å²) in [6.45, 7) is 2.65. The second-order valence-corrected chi connectivity index (χ2v) is 6.26. The molecule has 4 rings (SSSR count). The lowest BCUT2D eigenvalue weighted by atomic mass is 10.0. The lowest BCUT2D eigenvalue weighted by molar-refractivity contribution is -0.130. The molecular weight excluding hydrogens is 366 g/mol. The molecule has 1 saturated heterocycles. The van der Waals surface area contributed by atoms with Gasteiger partial charge in [0.25, 0.3) is 0 Å². The average Bonchev–Trinajstić information content (AvgIpc) is 3.02. The highest BCUT2D eigenvalue weighted by Crippen LogP contribution is 2.24.